The first-order valence-electron chi connectivity index (χ1n) is 5.01. The van der Waals surface area contributed by atoms with Crippen molar-refractivity contribution in [3.63, 3.8) is 0 Å². The number of rotatable bonds is 1. The highest BCUT2D eigenvalue weighted by Crippen LogP contribution is 2.46. The van der Waals surface area contributed by atoms with Crippen molar-refractivity contribution < 1.29 is 4.79 Å². The Hall–Kier alpha value is 1.11. The van der Waals surface area contributed by atoms with Crippen LogP contribution in [0.25, 0.3) is 0 Å². The molecule has 2 fully saturated rings. The molecule has 0 aromatic heterocycles. The zero-order valence-electron chi connectivity index (χ0n) is 7.76. The maximum Gasteiger partial charge on any atom is 0.160 e. The molecule has 80 valence electrons. The second-order valence-corrected chi connectivity index (χ2v) is 7.07. The molecule has 2 rings (SSSR count). The van der Waals surface area contributed by atoms with E-state index in [1.165, 1.54) is 19.3 Å². The van der Waals surface area contributed by atoms with Gasteiger partial charge in [-0.2, -0.15) is 0 Å². The lowest BCUT2D eigenvalue weighted by Gasteiger charge is -2.43. The van der Waals surface area contributed by atoms with Gasteiger partial charge in [-0.25, -0.2) is 0 Å². The fourth-order valence-corrected chi connectivity index (χ4v) is 5.07. The molecule has 0 aromatic rings. The van der Waals surface area contributed by atoms with Crippen LogP contribution in [-0.4, -0.2) is 20.8 Å². The zero-order valence-corrected chi connectivity index (χ0v) is 12.5. The van der Waals surface area contributed by atoms with Gasteiger partial charge in [-0.15, -0.1) is 0 Å². The number of ketones is 1. The van der Waals surface area contributed by atoms with E-state index >= 15 is 0 Å². The second kappa shape index (κ2) is 4.54. The molecule has 0 N–H and O–H groups in total. The van der Waals surface area contributed by atoms with Crippen LogP contribution in [-0.2, 0) is 4.79 Å². The summed E-state index contributed by atoms with van der Waals surface area (Å²) in [6, 6.07) is 0. The van der Waals surface area contributed by atoms with Crippen LogP contribution in [0.3, 0.4) is 0 Å². The number of carbonyl (C=O) groups is 1. The van der Waals surface area contributed by atoms with Crippen LogP contribution in [0.15, 0.2) is 0 Å². The molecule has 1 nitrogen and oxygen atoms in total. The highest BCUT2D eigenvalue weighted by Gasteiger charge is 2.45. The summed E-state index contributed by atoms with van der Waals surface area (Å²) in [4.78, 5) is 12.0. The number of hydrogen-bond acceptors (Lipinski definition) is 1. The summed E-state index contributed by atoms with van der Waals surface area (Å²) in [6.07, 6.45) is 3.60. The Labute approximate surface area is 110 Å². The van der Waals surface area contributed by atoms with E-state index in [2.05, 4.69) is 47.8 Å². The summed E-state index contributed by atoms with van der Waals surface area (Å²) >= 11 is 10.6. The van der Waals surface area contributed by atoms with E-state index < -0.39 is 0 Å². The summed E-state index contributed by atoms with van der Waals surface area (Å²) < 4.78 is 0. The van der Waals surface area contributed by atoms with Gasteiger partial charge >= 0.3 is 0 Å². The maximum atomic E-state index is 11.8. The molecule has 0 spiro atoms. The van der Waals surface area contributed by atoms with Crippen molar-refractivity contribution in [2.45, 2.75) is 28.9 Å². The van der Waals surface area contributed by atoms with Crippen molar-refractivity contribution >= 4 is 53.6 Å². The fraction of sp³-hybridized carbons (Fsp3) is 0.900. The highest BCUT2D eigenvalue weighted by molar-refractivity contribution is 9.10. The van der Waals surface area contributed by atoms with Crippen LogP contribution >= 0.6 is 47.8 Å². The monoisotopic (exact) mass is 386 g/mol. The van der Waals surface area contributed by atoms with E-state index in [0.29, 0.717) is 17.6 Å². The third-order valence-electron chi connectivity index (χ3n) is 3.47. The van der Waals surface area contributed by atoms with Crippen molar-refractivity contribution in [1.29, 1.82) is 0 Å². The van der Waals surface area contributed by atoms with E-state index in [9.17, 15) is 4.79 Å². The smallest absolute Gasteiger partial charge is 0.160 e. The Balaban J connectivity index is 2.15. The predicted molar refractivity (Wildman–Crippen MR) is 68.6 cm³/mol. The second-order valence-electron chi connectivity index (χ2n) is 4.45. The molecule has 0 amide bonds. The quantitative estimate of drug-likeness (QED) is 0.628. The van der Waals surface area contributed by atoms with E-state index in [1.807, 2.05) is 0 Å². The Morgan fingerprint density at radius 3 is 2.00 bits per heavy atom. The molecule has 4 heteroatoms. The van der Waals surface area contributed by atoms with Gasteiger partial charge in [0.2, 0.25) is 0 Å². The lowest BCUT2D eigenvalue weighted by Crippen LogP contribution is -2.46. The molecule has 0 heterocycles. The van der Waals surface area contributed by atoms with Crippen molar-refractivity contribution in [2.75, 3.05) is 5.33 Å². The van der Waals surface area contributed by atoms with Gasteiger partial charge in [-0.1, -0.05) is 47.8 Å². The topological polar surface area (TPSA) is 17.1 Å². The summed E-state index contributed by atoms with van der Waals surface area (Å²) in [5, 5.41) is 1.08. The summed E-state index contributed by atoms with van der Waals surface area (Å²) in [6.45, 7) is 0. The number of carbonyl (C=O) groups excluding carboxylic acids is 1. The summed E-state index contributed by atoms with van der Waals surface area (Å²) in [7, 11) is 0. The van der Waals surface area contributed by atoms with Crippen LogP contribution in [0.1, 0.15) is 19.3 Å². The molecular weight excluding hydrogens is 376 g/mol. The predicted octanol–water partition coefficient (Wildman–Crippen LogP) is 3.52. The molecule has 2 aliphatic carbocycles. The SMILES string of the molecule is O=C1[C@@H](Br)[C@H]2CC(CBr)C[C@@H](C2)[C@@H]1Br. The van der Waals surface area contributed by atoms with Crippen molar-refractivity contribution in [3.05, 3.63) is 0 Å². The average Bonchev–Trinajstić information content (AvgIpc) is 2.23. The Morgan fingerprint density at radius 1 is 1.07 bits per heavy atom. The molecule has 0 radical (unpaired) electrons. The van der Waals surface area contributed by atoms with Crippen LogP contribution in [0.2, 0.25) is 0 Å². The number of halogens is 3. The zero-order chi connectivity index (χ0) is 10.3. The Bertz CT molecular complexity index is 220. The molecule has 0 aromatic carbocycles. The molecule has 2 aliphatic rings. The third-order valence-corrected chi connectivity index (χ3v) is 6.78. The number of alkyl halides is 3. The molecular formula is C10H13Br3O. The molecule has 0 unspecified atom stereocenters. The normalized spacial score (nSPS) is 47.9. The van der Waals surface area contributed by atoms with E-state index in [1.54, 1.807) is 0 Å². The first-order valence-corrected chi connectivity index (χ1v) is 7.96. The van der Waals surface area contributed by atoms with Crippen LogP contribution in [0, 0.1) is 17.8 Å². The molecule has 14 heavy (non-hydrogen) atoms. The average molecular weight is 389 g/mol. The minimum Gasteiger partial charge on any atom is -0.297 e. The van der Waals surface area contributed by atoms with Gasteiger partial charge in [0.1, 0.15) is 0 Å². The largest absolute Gasteiger partial charge is 0.297 e. The van der Waals surface area contributed by atoms with E-state index in [0.717, 1.165) is 11.2 Å². The molecule has 2 saturated carbocycles. The minimum atomic E-state index is 0.0879. The van der Waals surface area contributed by atoms with E-state index in [-0.39, 0.29) is 9.65 Å². The van der Waals surface area contributed by atoms with Crippen LogP contribution in [0.5, 0.6) is 0 Å². The van der Waals surface area contributed by atoms with Gasteiger partial charge in [-0.05, 0) is 37.0 Å². The van der Waals surface area contributed by atoms with Gasteiger partial charge in [-0.3, -0.25) is 4.79 Å². The lowest BCUT2D eigenvalue weighted by atomic mass is 9.68. The van der Waals surface area contributed by atoms with Crippen molar-refractivity contribution in [2.24, 2.45) is 17.8 Å². The van der Waals surface area contributed by atoms with Gasteiger partial charge in [0.25, 0.3) is 0 Å². The number of hydrogen-bond donors (Lipinski definition) is 0. The first kappa shape index (κ1) is 11.6. The first-order chi connectivity index (χ1) is 6.63. The van der Waals surface area contributed by atoms with E-state index in [4.69, 9.17) is 0 Å². The summed E-state index contributed by atoms with van der Waals surface area (Å²) in [5.74, 6) is 2.25. The number of fused-ring (bicyclic) bond motifs is 2. The molecule has 4 atom stereocenters. The third kappa shape index (κ3) is 1.99. The van der Waals surface area contributed by atoms with Crippen LogP contribution in [0.4, 0.5) is 0 Å². The maximum absolute atomic E-state index is 11.8. The van der Waals surface area contributed by atoms with Crippen molar-refractivity contribution in [1.82, 2.24) is 0 Å². The van der Waals surface area contributed by atoms with Gasteiger partial charge in [0, 0.05) is 5.33 Å². The lowest BCUT2D eigenvalue weighted by molar-refractivity contribution is -0.122. The van der Waals surface area contributed by atoms with Crippen LogP contribution < -0.4 is 0 Å². The van der Waals surface area contributed by atoms with Gasteiger partial charge in [0.15, 0.2) is 5.78 Å². The fourth-order valence-electron chi connectivity index (χ4n) is 2.75. The molecule has 0 saturated heterocycles. The highest BCUT2D eigenvalue weighted by atomic mass is 79.9. The van der Waals surface area contributed by atoms with Gasteiger partial charge in [0.05, 0.1) is 9.65 Å². The van der Waals surface area contributed by atoms with Gasteiger partial charge < -0.3 is 0 Å². The Kier molecular flexibility index (Phi) is 3.76. The Morgan fingerprint density at radius 2 is 1.57 bits per heavy atom. The minimum absolute atomic E-state index is 0.0879. The standard InChI is InChI=1S/C10H13Br3O/c11-4-5-1-6-3-7(2-5)9(13)10(14)8(6)12/h5-9H,1-4H2/t6-,7-,8-,9-/m0/s1. The molecule has 2 bridgehead atoms. The van der Waals surface area contributed by atoms with Crippen molar-refractivity contribution in [3.8, 4) is 0 Å². The number of Topliss-reactive ketones (excluding diaryl/α,β-unsaturated/α-hetero) is 1. The molecule has 0 aliphatic heterocycles. The summed E-state index contributed by atoms with van der Waals surface area (Å²) in [5.41, 5.74) is 0.